The van der Waals surface area contributed by atoms with Crippen LogP contribution in [0.25, 0.3) is 10.1 Å². The van der Waals surface area contributed by atoms with Crippen LogP contribution in [0.3, 0.4) is 0 Å². The Labute approximate surface area is 125 Å². The minimum absolute atomic E-state index is 0.507. The molecule has 2 rings (SSSR count). The molecular weight excluding hydrogens is 274 g/mol. The average molecular weight is 296 g/mol. The molecule has 1 aromatic heterocycles. The Morgan fingerprint density at radius 1 is 1.21 bits per heavy atom. The molecule has 1 N–H and O–H groups in total. The van der Waals surface area contributed by atoms with E-state index in [1.807, 2.05) is 17.4 Å². The van der Waals surface area contributed by atoms with Crippen LogP contribution in [0.15, 0.2) is 18.2 Å². The molecule has 0 unspecified atom stereocenters. The van der Waals surface area contributed by atoms with E-state index in [0.29, 0.717) is 12.0 Å². The maximum atomic E-state index is 6.33. The normalized spacial score (nSPS) is 11.9. The highest BCUT2D eigenvalue weighted by Gasteiger charge is 2.15. The van der Waals surface area contributed by atoms with Gasteiger partial charge in [0, 0.05) is 17.5 Å². The van der Waals surface area contributed by atoms with Gasteiger partial charge >= 0.3 is 0 Å². The fourth-order valence-corrected chi connectivity index (χ4v) is 3.73. The fraction of sp³-hybridized carbons (Fsp3) is 0.500. The summed E-state index contributed by atoms with van der Waals surface area (Å²) >= 11 is 8.17. The number of hydrogen-bond donors (Lipinski definition) is 1. The van der Waals surface area contributed by atoms with Crippen molar-refractivity contribution in [3.63, 3.8) is 0 Å². The van der Waals surface area contributed by atoms with Crippen molar-refractivity contribution in [2.45, 2.75) is 46.7 Å². The van der Waals surface area contributed by atoms with Crippen LogP contribution in [0.2, 0.25) is 5.02 Å². The molecule has 0 aliphatic heterocycles. The fourth-order valence-electron chi connectivity index (χ4n) is 2.26. The summed E-state index contributed by atoms with van der Waals surface area (Å²) in [7, 11) is 0. The minimum Gasteiger partial charge on any atom is -0.310 e. The van der Waals surface area contributed by atoms with Crippen molar-refractivity contribution in [1.82, 2.24) is 5.32 Å². The molecule has 0 saturated heterocycles. The molecule has 104 valence electrons. The molecule has 0 aliphatic rings. The highest BCUT2D eigenvalue weighted by molar-refractivity contribution is 7.20. The van der Waals surface area contributed by atoms with Gasteiger partial charge in [-0.15, -0.1) is 11.3 Å². The third-order valence-corrected chi connectivity index (χ3v) is 4.85. The Bertz CT molecular complexity index is 557. The lowest BCUT2D eigenvalue weighted by atomic mass is 10.00. The van der Waals surface area contributed by atoms with Gasteiger partial charge in [0.25, 0.3) is 0 Å². The van der Waals surface area contributed by atoms with Crippen LogP contribution in [0, 0.1) is 5.92 Å². The molecule has 1 heterocycles. The predicted octanol–water partition coefficient (Wildman–Crippen LogP) is 5.25. The number of hydrogen-bond acceptors (Lipinski definition) is 2. The first kappa shape index (κ1) is 14.8. The maximum Gasteiger partial charge on any atom is 0.0584 e. The standard InChI is InChI=1S/C16H22ClNS/c1-10(2)8-13-12-6-5-7-14(17)16(12)19-15(13)9-18-11(3)4/h5-7,10-11,18H,8-9H2,1-4H3. The number of nitrogens with one attached hydrogen (secondary N) is 1. The van der Waals surface area contributed by atoms with Gasteiger partial charge in [0.15, 0.2) is 0 Å². The molecule has 0 spiro atoms. The average Bonchev–Trinajstić information content (AvgIpc) is 2.66. The number of fused-ring (bicyclic) bond motifs is 1. The van der Waals surface area contributed by atoms with Gasteiger partial charge in [0.1, 0.15) is 0 Å². The SMILES string of the molecule is CC(C)Cc1c(CNC(C)C)sc2c(Cl)cccc12. The van der Waals surface area contributed by atoms with Crippen LogP contribution in [-0.4, -0.2) is 6.04 Å². The van der Waals surface area contributed by atoms with E-state index >= 15 is 0 Å². The van der Waals surface area contributed by atoms with Crippen LogP contribution < -0.4 is 5.32 Å². The minimum atomic E-state index is 0.507. The molecule has 0 saturated carbocycles. The zero-order valence-electron chi connectivity index (χ0n) is 12.1. The summed E-state index contributed by atoms with van der Waals surface area (Å²) in [6, 6.07) is 6.75. The Hall–Kier alpha value is -0.570. The van der Waals surface area contributed by atoms with E-state index in [1.165, 1.54) is 20.5 Å². The molecule has 1 aromatic carbocycles. The van der Waals surface area contributed by atoms with Crippen molar-refractivity contribution >= 4 is 33.0 Å². The Morgan fingerprint density at radius 3 is 2.58 bits per heavy atom. The second-order valence-electron chi connectivity index (χ2n) is 5.75. The van der Waals surface area contributed by atoms with Gasteiger partial charge in [-0.2, -0.15) is 0 Å². The molecule has 3 heteroatoms. The summed E-state index contributed by atoms with van der Waals surface area (Å²) in [6.07, 6.45) is 1.12. The molecule has 0 amide bonds. The van der Waals surface area contributed by atoms with Crippen LogP contribution in [0.4, 0.5) is 0 Å². The second-order valence-corrected chi connectivity index (χ2v) is 7.27. The molecule has 1 nitrogen and oxygen atoms in total. The summed E-state index contributed by atoms with van der Waals surface area (Å²) in [6.45, 7) is 9.85. The Kier molecular flexibility index (Phi) is 4.88. The number of thiophene rings is 1. The summed E-state index contributed by atoms with van der Waals surface area (Å²) in [5.74, 6) is 0.662. The zero-order chi connectivity index (χ0) is 14.0. The molecule has 0 bridgehead atoms. The Morgan fingerprint density at radius 2 is 1.95 bits per heavy atom. The van der Waals surface area contributed by atoms with Gasteiger partial charge in [-0.1, -0.05) is 51.4 Å². The first-order valence-corrected chi connectivity index (χ1v) is 8.10. The summed E-state index contributed by atoms with van der Waals surface area (Å²) < 4.78 is 1.24. The van der Waals surface area contributed by atoms with E-state index in [1.54, 1.807) is 0 Å². The van der Waals surface area contributed by atoms with E-state index in [-0.39, 0.29) is 0 Å². The van der Waals surface area contributed by atoms with Crippen LogP contribution >= 0.6 is 22.9 Å². The van der Waals surface area contributed by atoms with Crippen molar-refractivity contribution in [3.8, 4) is 0 Å². The zero-order valence-corrected chi connectivity index (χ0v) is 13.7. The predicted molar refractivity (Wildman–Crippen MR) is 87.4 cm³/mol. The van der Waals surface area contributed by atoms with Crippen molar-refractivity contribution in [3.05, 3.63) is 33.7 Å². The summed E-state index contributed by atoms with van der Waals surface area (Å²) in [5.41, 5.74) is 1.48. The van der Waals surface area contributed by atoms with E-state index in [2.05, 4.69) is 45.1 Å². The van der Waals surface area contributed by atoms with Gasteiger partial charge in [-0.05, 0) is 29.4 Å². The molecule has 2 aromatic rings. The first-order valence-electron chi connectivity index (χ1n) is 6.91. The lowest BCUT2D eigenvalue weighted by Gasteiger charge is -2.10. The molecular formula is C16H22ClNS. The number of halogens is 1. The molecule has 0 radical (unpaired) electrons. The van der Waals surface area contributed by atoms with E-state index in [0.717, 1.165) is 18.0 Å². The van der Waals surface area contributed by atoms with Gasteiger partial charge in [-0.25, -0.2) is 0 Å². The van der Waals surface area contributed by atoms with Gasteiger partial charge in [-0.3, -0.25) is 0 Å². The van der Waals surface area contributed by atoms with Gasteiger partial charge < -0.3 is 5.32 Å². The molecule has 0 atom stereocenters. The van der Waals surface area contributed by atoms with Crippen molar-refractivity contribution < 1.29 is 0 Å². The van der Waals surface area contributed by atoms with Crippen molar-refractivity contribution in [1.29, 1.82) is 0 Å². The third kappa shape index (κ3) is 3.50. The summed E-state index contributed by atoms with van der Waals surface area (Å²) in [4.78, 5) is 1.44. The maximum absolute atomic E-state index is 6.33. The summed E-state index contributed by atoms with van der Waals surface area (Å²) in [5, 5.41) is 5.74. The topological polar surface area (TPSA) is 12.0 Å². The van der Waals surface area contributed by atoms with Crippen molar-refractivity contribution in [2.24, 2.45) is 5.92 Å². The lowest BCUT2D eigenvalue weighted by molar-refractivity contribution is 0.585. The quantitative estimate of drug-likeness (QED) is 0.794. The van der Waals surface area contributed by atoms with E-state index in [9.17, 15) is 0 Å². The second kappa shape index (κ2) is 6.25. The highest BCUT2D eigenvalue weighted by atomic mass is 35.5. The smallest absolute Gasteiger partial charge is 0.0584 e. The largest absolute Gasteiger partial charge is 0.310 e. The van der Waals surface area contributed by atoms with Crippen LogP contribution in [0.1, 0.15) is 38.1 Å². The van der Waals surface area contributed by atoms with Crippen LogP contribution in [0.5, 0.6) is 0 Å². The van der Waals surface area contributed by atoms with E-state index in [4.69, 9.17) is 11.6 Å². The highest BCUT2D eigenvalue weighted by Crippen LogP contribution is 2.37. The van der Waals surface area contributed by atoms with Crippen LogP contribution in [-0.2, 0) is 13.0 Å². The molecule has 19 heavy (non-hydrogen) atoms. The van der Waals surface area contributed by atoms with Gasteiger partial charge in [0.05, 0.1) is 9.72 Å². The van der Waals surface area contributed by atoms with Gasteiger partial charge in [0.2, 0.25) is 0 Å². The molecule has 0 fully saturated rings. The molecule has 0 aliphatic carbocycles. The van der Waals surface area contributed by atoms with Crippen molar-refractivity contribution in [2.75, 3.05) is 0 Å². The number of benzene rings is 1. The first-order chi connectivity index (χ1) is 8.99. The Balaban J connectivity index is 2.45. The number of rotatable bonds is 5. The monoisotopic (exact) mass is 295 g/mol. The lowest BCUT2D eigenvalue weighted by Crippen LogP contribution is -2.21. The van der Waals surface area contributed by atoms with E-state index < -0.39 is 0 Å². The third-order valence-electron chi connectivity index (χ3n) is 3.14.